The third kappa shape index (κ3) is 4.71. The summed E-state index contributed by atoms with van der Waals surface area (Å²) in [7, 11) is 0. The number of halogens is 1. The number of ether oxygens (including phenoxy) is 1. The Morgan fingerprint density at radius 3 is 2.62 bits per heavy atom. The van der Waals surface area contributed by atoms with Crippen molar-refractivity contribution >= 4 is 29.1 Å². The highest BCUT2D eigenvalue weighted by atomic mass is 35.5. The van der Waals surface area contributed by atoms with Gasteiger partial charge < -0.3 is 9.64 Å². The van der Waals surface area contributed by atoms with E-state index >= 15 is 0 Å². The second-order valence-electron chi connectivity index (χ2n) is 7.33. The third-order valence-electron chi connectivity index (χ3n) is 5.34. The molecule has 0 aromatic heterocycles. The molecule has 29 heavy (non-hydrogen) atoms. The maximum absolute atomic E-state index is 12.9. The molecule has 1 saturated heterocycles. The number of benzene rings is 2. The van der Waals surface area contributed by atoms with Crippen molar-refractivity contribution in [2.45, 2.75) is 13.0 Å². The van der Waals surface area contributed by atoms with E-state index in [0.717, 1.165) is 24.7 Å². The Morgan fingerprint density at radius 1 is 1.03 bits per heavy atom. The lowest BCUT2D eigenvalue weighted by Crippen LogP contribution is -2.51. The van der Waals surface area contributed by atoms with Gasteiger partial charge in [0.25, 0.3) is 0 Å². The molecule has 0 unspecified atom stereocenters. The number of hydrogen-bond donors (Lipinski definition) is 0. The first-order valence-electron chi connectivity index (χ1n) is 9.87. The van der Waals surface area contributed by atoms with E-state index in [1.807, 2.05) is 47.4 Å². The Hall–Kier alpha value is -2.57. The molecule has 2 amide bonds. The summed E-state index contributed by atoms with van der Waals surface area (Å²) in [6, 6.07) is 15.2. The number of anilines is 1. The Morgan fingerprint density at radius 2 is 1.83 bits per heavy atom. The zero-order valence-electron chi connectivity index (χ0n) is 16.2. The molecule has 2 aromatic rings. The van der Waals surface area contributed by atoms with E-state index in [0.29, 0.717) is 31.1 Å². The fraction of sp³-hybridized carbons (Fsp3) is 0.364. The van der Waals surface area contributed by atoms with Crippen LogP contribution >= 0.6 is 11.6 Å². The van der Waals surface area contributed by atoms with Gasteiger partial charge in [0.1, 0.15) is 12.3 Å². The lowest BCUT2D eigenvalue weighted by atomic mass is 10.2. The standard InChI is InChI=1S/C22H24ClN3O3/c23-18-5-3-4-17(14-18)15-24-9-11-25(12-10-24)22(28)16-26-19-6-1-2-7-20(19)29-13-8-21(26)27/h1-7,14H,8-13,15-16H2. The average molecular weight is 414 g/mol. The molecule has 2 heterocycles. The van der Waals surface area contributed by atoms with E-state index in [4.69, 9.17) is 16.3 Å². The van der Waals surface area contributed by atoms with Crippen LogP contribution in [0.2, 0.25) is 5.02 Å². The van der Waals surface area contributed by atoms with Gasteiger partial charge in [-0.25, -0.2) is 0 Å². The SMILES string of the molecule is O=C(CN1C(=O)CCOc2ccccc21)N1CCN(Cc2cccc(Cl)c2)CC1. The molecule has 1 fully saturated rings. The van der Waals surface area contributed by atoms with Crippen molar-refractivity contribution in [2.75, 3.05) is 44.2 Å². The number of para-hydroxylation sites is 2. The molecule has 0 saturated carbocycles. The topological polar surface area (TPSA) is 53.1 Å². The van der Waals surface area contributed by atoms with Gasteiger partial charge >= 0.3 is 0 Å². The van der Waals surface area contributed by atoms with Gasteiger partial charge in [0.15, 0.2) is 0 Å². The van der Waals surface area contributed by atoms with E-state index in [-0.39, 0.29) is 24.8 Å². The molecule has 7 heteroatoms. The van der Waals surface area contributed by atoms with Crippen LogP contribution in [-0.4, -0.2) is 60.9 Å². The van der Waals surface area contributed by atoms with Gasteiger partial charge in [-0.15, -0.1) is 0 Å². The van der Waals surface area contributed by atoms with Crippen molar-refractivity contribution in [3.63, 3.8) is 0 Å². The van der Waals surface area contributed by atoms with Gasteiger partial charge in [-0.1, -0.05) is 35.9 Å². The maximum Gasteiger partial charge on any atom is 0.242 e. The van der Waals surface area contributed by atoms with Crippen LogP contribution < -0.4 is 9.64 Å². The zero-order valence-corrected chi connectivity index (χ0v) is 17.0. The first-order chi connectivity index (χ1) is 14.1. The molecule has 0 atom stereocenters. The van der Waals surface area contributed by atoms with Crippen LogP contribution in [0.15, 0.2) is 48.5 Å². The fourth-order valence-corrected chi connectivity index (χ4v) is 3.99. The van der Waals surface area contributed by atoms with E-state index in [1.54, 1.807) is 4.90 Å². The largest absolute Gasteiger partial charge is 0.491 e. The van der Waals surface area contributed by atoms with Crippen molar-refractivity contribution in [1.29, 1.82) is 0 Å². The second-order valence-corrected chi connectivity index (χ2v) is 7.77. The molecule has 152 valence electrons. The number of amides is 2. The molecule has 2 aliphatic heterocycles. The Bertz CT molecular complexity index is 896. The lowest BCUT2D eigenvalue weighted by Gasteiger charge is -2.35. The van der Waals surface area contributed by atoms with Crippen LogP contribution in [0.25, 0.3) is 0 Å². The molecule has 4 rings (SSSR count). The molecular weight excluding hydrogens is 390 g/mol. The highest BCUT2D eigenvalue weighted by molar-refractivity contribution is 6.30. The Balaban J connectivity index is 1.36. The van der Waals surface area contributed by atoms with Gasteiger partial charge in [0, 0.05) is 37.7 Å². The summed E-state index contributed by atoms with van der Waals surface area (Å²) < 4.78 is 5.65. The minimum atomic E-state index is -0.0807. The average Bonchev–Trinajstić information content (AvgIpc) is 2.87. The number of carbonyl (C=O) groups excluding carboxylic acids is 2. The van der Waals surface area contributed by atoms with Crippen molar-refractivity contribution < 1.29 is 14.3 Å². The summed E-state index contributed by atoms with van der Waals surface area (Å²) in [5, 5.41) is 0.739. The normalized spacial score (nSPS) is 17.5. The van der Waals surface area contributed by atoms with Gasteiger partial charge in [0.05, 0.1) is 18.7 Å². The minimum absolute atomic E-state index is 0.0301. The summed E-state index contributed by atoms with van der Waals surface area (Å²) in [5.74, 6) is 0.540. The molecule has 0 bridgehead atoms. The van der Waals surface area contributed by atoms with E-state index in [9.17, 15) is 9.59 Å². The zero-order chi connectivity index (χ0) is 20.2. The Kier molecular flexibility index (Phi) is 6.02. The highest BCUT2D eigenvalue weighted by Crippen LogP contribution is 2.31. The number of piperazine rings is 1. The molecule has 6 nitrogen and oxygen atoms in total. The predicted octanol–water partition coefficient (Wildman–Crippen LogP) is 2.80. The van der Waals surface area contributed by atoms with Crippen molar-refractivity contribution in [1.82, 2.24) is 9.80 Å². The Labute approximate surface area is 175 Å². The van der Waals surface area contributed by atoms with Crippen LogP contribution in [0, 0.1) is 0 Å². The molecule has 0 spiro atoms. The number of nitrogens with zero attached hydrogens (tertiary/aromatic N) is 3. The summed E-state index contributed by atoms with van der Waals surface area (Å²) in [5.41, 5.74) is 1.84. The fourth-order valence-electron chi connectivity index (χ4n) is 3.78. The first kappa shape index (κ1) is 19.7. The van der Waals surface area contributed by atoms with Crippen LogP contribution in [0.4, 0.5) is 5.69 Å². The minimum Gasteiger partial charge on any atom is -0.491 e. The lowest BCUT2D eigenvalue weighted by molar-refractivity contribution is -0.133. The van der Waals surface area contributed by atoms with E-state index in [2.05, 4.69) is 11.0 Å². The quantitative estimate of drug-likeness (QED) is 0.773. The van der Waals surface area contributed by atoms with Gasteiger partial charge in [-0.2, -0.15) is 0 Å². The number of rotatable bonds is 4. The highest BCUT2D eigenvalue weighted by Gasteiger charge is 2.28. The molecule has 0 N–H and O–H groups in total. The second kappa shape index (κ2) is 8.84. The van der Waals surface area contributed by atoms with E-state index < -0.39 is 0 Å². The molecular formula is C22H24ClN3O3. The van der Waals surface area contributed by atoms with Crippen LogP contribution in [0.3, 0.4) is 0 Å². The van der Waals surface area contributed by atoms with Gasteiger partial charge in [-0.3, -0.25) is 19.4 Å². The molecule has 0 aliphatic carbocycles. The molecule has 0 radical (unpaired) electrons. The van der Waals surface area contributed by atoms with Crippen LogP contribution in [-0.2, 0) is 16.1 Å². The van der Waals surface area contributed by atoms with Crippen LogP contribution in [0.5, 0.6) is 5.75 Å². The van der Waals surface area contributed by atoms with E-state index in [1.165, 1.54) is 5.56 Å². The molecule has 2 aliphatic rings. The maximum atomic E-state index is 12.9. The third-order valence-corrected chi connectivity index (χ3v) is 5.58. The predicted molar refractivity (Wildman–Crippen MR) is 112 cm³/mol. The number of carbonyl (C=O) groups is 2. The number of fused-ring (bicyclic) bond motifs is 1. The summed E-state index contributed by atoms with van der Waals surface area (Å²) in [6.07, 6.45) is 0.273. The van der Waals surface area contributed by atoms with Gasteiger partial charge in [0.2, 0.25) is 11.8 Å². The summed E-state index contributed by atoms with van der Waals surface area (Å²) in [6.45, 7) is 4.10. The first-order valence-corrected chi connectivity index (χ1v) is 10.2. The number of hydrogen-bond acceptors (Lipinski definition) is 4. The smallest absolute Gasteiger partial charge is 0.242 e. The van der Waals surface area contributed by atoms with Crippen molar-refractivity contribution in [3.05, 3.63) is 59.1 Å². The van der Waals surface area contributed by atoms with Crippen molar-refractivity contribution in [3.8, 4) is 5.75 Å². The summed E-state index contributed by atoms with van der Waals surface area (Å²) >= 11 is 6.07. The van der Waals surface area contributed by atoms with Crippen LogP contribution in [0.1, 0.15) is 12.0 Å². The monoisotopic (exact) mass is 413 g/mol. The van der Waals surface area contributed by atoms with Gasteiger partial charge in [-0.05, 0) is 29.8 Å². The summed E-state index contributed by atoms with van der Waals surface area (Å²) in [4.78, 5) is 31.2. The molecule has 2 aromatic carbocycles. The van der Waals surface area contributed by atoms with Crippen molar-refractivity contribution in [2.24, 2.45) is 0 Å².